The second-order valence-corrected chi connectivity index (χ2v) is 12.3. The van der Waals surface area contributed by atoms with Gasteiger partial charge in [-0.2, -0.15) is 0 Å². The monoisotopic (exact) mass is 474 g/mol. The van der Waals surface area contributed by atoms with Crippen molar-refractivity contribution in [1.29, 1.82) is 0 Å². The van der Waals surface area contributed by atoms with E-state index in [2.05, 4.69) is 125 Å². The van der Waals surface area contributed by atoms with Crippen molar-refractivity contribution in [2.45, 2.75) is 91.8 Å². The first-order valence-corrected chi connectivity index (χ1v) is 12.9. The Kier molecular flexibility index (Phi) is 8.25. The number of carbonyl (C=O) groups excluding carboxylic acids is 1. The molecule has 1 N–H and O–H groups in total. The molecular weight excluding hydrogens is 430 g/mol. The summed E-state index contributed by atoms with van der Waals surface area (Å²) in [6.07, 6.45) is 6.92. The third kappa shape index (κ3) is 7.55. The minimum atomic E-state index is -0.236. The molecule has 0 spiro atoms. The van der Waals surface area contributed by atoms with E-state index in [9.17, 15) is 4.79 Å². The largest absolute Gasteiger partial charge is 0.348 e. The van der Waals surface area contributed by atoms with E-state index in [4.69, 9.17) is 0 Å². The van der Waals surface area contributed by atoms with Crippen LogP contribution in [0.15, 0.2) is 67.3 Å². The van der Waals surface area contributed by atoms with E-state index in [0.717, 1.165) is 18.5 Å². The standard InChI is InChI=1S/C31H43N3O/c1-23(2)16-28(34-15-14-33(22-34)21-24-12-10-9-11-13-24)29(35)32-20-25-17-26(30(3,4)5)19-27(18-25)31(6,7)8/h9-15,17-19,22-23,28H,16,20-21H2,1-8H3/p+1/t28-/m0/s1. The predicted molar refractivity (Wildman–Crippen MR) is 144 cm³/mol. The quantitative estimate of drug-likeness (QED) is 0.381. The lowest BCUT2D eigenvalue weighted by Gasteiger charge is -2.26. The van der Waals surface area contributed by atoms with E-state index >= 15 is 0 Å². The molecule has 4 heteroatoms. The third-order valence-electron chi connectivity index (χ3n) is 6.47. The minimum absolute atomic E-state index is 0.0533. The van der Waals surface area contributed by atoms with Gasteiger partial charge in [-0.3, -0.25) is 4.79 Å². The molecule has 4 nitrogen and oxygen atoms in total. The van der Waals surface area contributed by atoms with Crippen LogP contribution in [-0.2, 0) is 28.7 Å². The van der Waals surface area contributed by atoms with Crippen LogP contribution in [0.4, 0.5) is 0 Å². The Balaban J connectivity index is 1.78. The fourth-order valence-corrected chi connectivity index (χ4v) is 4.26. The Morgan fingerprint density at radius 3 is 2.06 bits per heavy atom. The van der Waals surface area contributed by atoms with Crippen molar-refractivity contribution >= 4 is 5.91 Å². The average Bonchev–Trinajstić information content (AvgIpc) is 3.23. The van der Waals surface area contributed by atoms with Gasteiger partial charge in [0.15, 0.2) is 6.04 Å². The van der Waals surface area contributed by atoms with Crippen LogP contribution >= 0.6 is 0 Å². The van der Waals surface area contributed by atoms with Crippen molar-refractivity contribution in [2.24, 2.45) is 5.92 Å². The number of nitrogens with zero attached hydrogens (tertiary/aromatic N) is 2. The van der Waals surface area contributed by atoms with E-state index in [1.807, 2.05) is 12.3 Å². The lowest BCUT2D eigenvalue weighted by molar-refractivity contribution is -0.687. The molecule has 1 heterocycles. The van der Waals surface area contributed by atoms with E-state index in [-0.39, 0.29) is 22.8 Å². The molecule has 35 heavy (non-hydrogen) atoms. The second kappa shape index (κ2) is 10.8. The summed E-state index contributed by atoms with van der Waals surface area (Å²) in [5.74, 6) is 0.479. The highest BCUT2D eigenvalue weighted by Gasteiger charge is 2.27. The molecule has 1 amide bonds. The molecule has 0 radical (unpaired) electrons. The van der Waals surface area contributed by atoms with Crippen LogP contribution in [-0.4, -0.2) is 10.5 Å². The van der Waals surface area contributed by atoms with Gasteiger partial charge in [0.2, 0.25) is 6.33 Å². The van der Waals surface area contributed by atoms with Crippen molar-refractivity contribution in [2.75, 3.05) is 0 Å². The maximum atomic E-state index is 13.4. The van der Waals surface area contributed by atoms with Gasteiger partial charge in [0, 0.05) is 6.54 Å². The third-order valence-corrected chi connectivity index (χ3v) is 6.47. The molecule has 0 saturated carbocycles. The van der Waals surface area contributed by atoms with Gasteiger partial charge in [0.1, 0.15) is 18.9 Å². The molecule has 0 bridgehead atoms. The van der Waals surface area contributed by atoms with Crippen molar-refractivity contribution in [3.05, 3.63) is 89.5 Å². The Hall–Kier alpha value is -2.88. The van der Waals surface area contributed by atoms with Gasteiger partial charge < -0.3 is 5.32 Å². The van der Waals surface area contributed by atoms with E-state index < -0.39 is 0 Å². The van der Waals surface area contributed by atoms with E-state index in [1.54, 1.807) is 0 Å². The molecule has 0 saturated heterocycles. The highest BCUT2D eigenvalue weighted by Crippen LogP contribution is 2.30. The van der Waals surface area contributed by atoms with Gasteiger partial charge in [-0.05, 0) is 45.4 Å². The minimum Gasteiger partial charge on any atom is -0.348 e. The van der Waals surface area contributed by atoms with Crippen molar-refractivity contribution in [3.63, 3.8) is 0 Å². The molecule has 3 aromatic rings. The van der Waals surface area contributed by atoms with Crippen LogP contribution in [0.5, 0.6) is 0 Å². The number of aromatic nitrogens is 2. The normalized spacial score (nSPS) is 13.2. The topological polar surface area (TPSA) is 37.9 Å². The summed E-state index contributed by atoms with van der Waals surface area (Å²) in [6.45, 7) is 19.1. The lowest BCUT2D eigenvalue weighted by atomic mass is 9.79. The summed E-state index contributed by atoms with van der Waals surface area (Å²) in [5, 5.41) is 3.25. The molecule has 0 aliphatic heterocycles. The summed E-state index contributed by atoms with van der Waals surface area (Å²) < 4.78 is 4.20. The number of hydrogen-bond donors (Lipinski definition) is 1. The fourth-order valence-electron chi connectivity index (χ4n) is 4.26. The Morgan fingerprint density at radius 1 is 0.914 bits per heavy atom. The zero-order valence-corrected chi connectivity index (χ0v) is 22.9. The van der Waals surface area contributed by atoms with Crippen molar-refractivity contribution in [3.8, 4) is 0 Å². The zero-order chi connectivity index (χ0) is 25.8. The molecule has 1 atom stereocenters. The fraction of sp³-hybridized carbons (Fsp3) is 0.484. The molecule has 3 rings (SSSR count). The molecule has 0 fully saturated rings. The van der Waals surface area contributed by atoms with Crippen LogP contribution in [0.2, 0.25) is 0 Å². The smallest absolute Gasteiger partial charge is 0.265 e. The highest BCUT2D eigenvalue weighted by molar-refractivity contribution is 5.80. The van der Waals surface area contributed by atoms with Gasteiger partial charge in [-0.1, -0.05) is 104 Å². The number of benzene rings is 2. The van der Waals surface area contributed by atoms with Crippen molar-refractivity contribution < 1.29 is 9.36 Å². The van der Waals surface area contributed by atoms with Crippen LogP contribution in [0.3, 0.4) is 0 Å². The lowest BCUT2D eigenvalue weighted by Crippen LogP contribution is -2.35. The average molecular weight is 475 g/mol. The summed E-state index contributed by atoms with van der Waals surface area (Å²) in [7, 11) is 0. The van der Waals surface area contributed by atoms with E-state index in [0.29, 0.717) is 12.5 Å². The number of amides is 1. The summed E-state index contributed by atoms with van der Waals surface area (Å²) in [5.41, 5.74) is 5.12. The van der Waals surface area contributed by atoms with Gasteiger partial charge >= 0.3 is 0 Å². The Labute approximate surface area is 212 Å². The van der Waals surface area contributed by atoms with Crippen LogP contribution in [0.1, 0.15) is 90.1 Å². The van der Waals surface area contributed by atoms with Crippen LogP contribution < -0.4 is 9.88 Å². The number of carbonyl (C=O) groups is 1. The second-order valence-electron chi connectivity index (χ2n) is 12.3. The number of nitrogens with one attached hydrogen (secondary N) is 1. The number of rotatable bonds is 8. The molecule has 0 unspecified atom stereocenters. The maximum Gasteiger partial charge on any atom is 0.265 e. The number of hydrogen-bond acceptors (Lipinski definition) is 1. The molecule has 0 aliphatic rings. The SMILES string of the molecule is CC(C)C[C@@H](C(=O)NCc1cc(C(C)(C)C)cc(C(C)(C)C)c1)n1cc[n+](Cc2ccccc2)c1. The molecule has 2 aromatic carbocycles. The van der Waals surface area contributed by atoms with Crippen LogP contribution in [0.25, 0.3) is 0 Å². The predicted octanol–water partition coefficient (Wildman–Crippen LogP) is 6.32. The number of imidazole rings is 1. The Morgan fingerprint density at radius 2 is 1.51 bits per heavy atom. The maximum absolute atomic E-state index is 13.4. The molecule has 188 valence electrons. The van der Waals surface area contributed by atoms with Crippen LogP contribution in [0, 0.1) is 5.92 Å². The van der Waals surface area contributed by atoms with E-state index in [1.165, 1.54) is 16.7 Å². The first-order valence-electron chi connectivity index (χ1n) is 12.9. The first kappa shape index (κ1) is 26.7. The van der Waals surface area contributed by atoms with Gasteiger partial charge in [0.05, 0.1) is 0 Å². The van der Waals surface area contributed by atoms with Crippen molar-refractivity contribution in [1.82, 2.24) is 9.88 Å². The first-order chi connectivity index (χ1) is 16.3. The van der Waals surface area contributed by atoms with Gasteiger partial charge in [-0.15, -0.1) is 0 Å². The van der Waals surface area contributed by atoms with Gasteiger partial charge in [0.25, 0.3) is 5.91 Å². The summed E-state index contributed by atoms with van der Waals surface area (Å²) in [4.78, 5) is 13.4. The summed E-state index contributed by atoms with van der Waals surface area (Å²) in [6, 6.07) is 17.0. The summed E-state index contributed by atoms with van der Waals surface area (Å²) >= 11 is 0. The molecule has 1 aromatic heterocycles. The zero-order valence-electron chi connectivity index (χ0n) is 22.9. The highest BCUT2D eigenvalue weighted by atomic mass is 16.2. The Bertz CT molecular complexity index is 1080. The van der Waals surface area contributed by atoms with Gasteiger partial charge in [-0.25, -0.2) is 9.13 Å². The molecular formula is C31H44N3O+. The molecule has 0 aliphatic carbocycles.